The summed E-state index contributed by atoms with van der Waals surface area (Å²) in [6.45, 7) is 19.1. The first-order valence-electron chi connectivity index (χ1n) is 18.3. The van der Waals surface area contributed by atoms with Crippen LogP contribution in [0.15, 0.2) is 36.4 Å². The van der Waals surface area contributed by atoms with Crippen molar-refractivity contribution in [3.8, 4) is 5.75 Å². The Balaban J connectivity index is 1.83. The van der Waals surface area contributed by atoms with Gasteiger partial charge >= 0.3 is 0 Å². The predicted octanol–water partition coefficient (Wildman–Crippen LogP) is 8.84. The molecule has 0 aromatic heterocycles. The molecule has 0 unspecified atom stereocenters. The number of quaternary nitrogens is 1. The number of unbranched alkanes of at least 4 members (excludes halogenated alkanes) is 7. The average Bonchev–Trinajstić information content (AvgIpc) is 3.03. The monoisotopic (exact) mass is 637 g/mol. The predicted molar refractivity (Wildman–Crippen MR) is 195 cm³/mol. The number of para-hydroxylation sites is 1. The summed E-state index contributed by atoms with van der Waals surface area (Å²) in [6.07, 6.45) is 13.3. The number of hydrogen-bond acceptors (Lipinski definition) is 4. The number of carbonyl (C=O) groups excluding carboxylic acids is 2. The minimum Gasteiger partial charge on any atom is -0.496 e. The minimum atomic E-state index is 0.0788. The summed E-state index contributed by atoms with van der Waals surface area (Å²) in [5.41, 5.74) is 5.34. The van der Waals surface area contributed by atoms with Crippen LogP contribution in [0, 0.1) is 20.8 Å². The quantitative estimate of drug-likeness (QED) is 0.0874. The van der Waals surface area contributed by atoms with E-state index in [1.807, 2.05) is 44.2 Å². The van der Waals surface area contributed by atoms with E-state index in [9.17, 15) is 9.59 Å². The van der Waals surface area contributed by atoms with Crippen LogP contribution < -0.4 is 10.1 Å². The second-order valence-corrected chi connectivity index (χ2v) is 13.6. The number of Topliss-reactive ketones (excluding diaryl/α,β-unsaturated/α-hetero) is 1. The van der Waals surface area contributed by atoms with Gasteiger partial charge in [0, 0.05) is 17.7 Å². The first kappa shape index (κ1) is 39.5. The summed E-state index contributed by atoms with van der Waals surface area (Å²) in [4.78, 5) is 28.7. The van der Waals surface area contributed by atoms with Crippen LogP contribution in [0.2, 0.25) is 0 Å². The van der Waals surface area contributed by atoms with Crippen molar-refractivity contribution >= 4 is 17.4 Å². The molecule has 0 aliphatic carbocycles. The maximum absolute atomic E-state index is 13.6. The van der Waals surface area contributed by atoms with Crippen LogP contribution in [0.3, 0.4) is 0 Å². The van der Waals surface area contributed by atoms with E-state index in [4.69, 9.17) is 4.74 Å². The first-order valence-corrected chi connectivity index (χ1v) is 18.3. The van der Waals surface area contributed by atoms with Crippen molar-refractivity contribution in [2.45, 2.75) is 119 Å². The molecule has 46 heavy (non-hydrogen) atoms. The molecule has 0 saturated heterocycles. The van der Waals surface area contributed by atoms with E-state index >= 15 is 0 Å². The van der Waals surface area contributed by atoms with Gasteiger partial charge in [-0.05, 0) is 95.1 Å². The van der Waals surface area contributed by atoms with Crippen molar-refractivity contribution in [2.24, 2.45) is 0 Å². The highest BCUT2D eigenvalue weighted by Crippen LogP contribution is 2.24. The molecule has 6 heteroatoms. The van der Waals surface area contributed by atoms with Crippen LogP contribution in [0.1, 0.15) is 114 Å². The Morgan fingerprint density at radius 3 is 1.89 bits per heavy atom. The highest BCUT2D eigenvalue weighted by molar-refractivity contribution is 5.93. The van der Waals surface area contributed by atoms with Crippen molar-refractivity contribution < 1.29 is 18.8 Å². The molecule has 0 saturated carbocycles. The molecule has 2 rings (SSSR count). The number of nitrogens with zero attached hydrogens (tertiary/aromatic N) is 2. The molecule has 6 nitrogen and oxygen atoms in total. The standard InChI is InChI=1S/C40H65N3O3/c1-8-11-27-43(28-12-9-2,32-36(44)30-37-33(4)21-20-24-38(37)46-7)29-18-16-14-13-15-17-26-42(25-10-3)31-39(45)41-40-34(5)22-19-23-35(40)6/h19-24H,8-18,25-32H2,1-7H3/p+1. The first-order chi connectivity index (χ1) is 22.2. The number of rotatable bonds is 25. The smallest absolute Gasteiger partial charge is 0.238 e. The van der Waals surface area contributed by atoms with Gasteiger partial charge in [-0.15, -0.1) is 0 Å². The zero-order valence-corrected chi connectivity index (χ0v) is 30.5. The van der Waals surface area contributed by atoms with Gasteiger partial charge in [0.1, 0.15) is 12.3 Å². The van der Waals surface area contributed by atoms with E-state index < -0.39 is 0 Å². The lowest BCUT2D eigenvalue weighted by molar-refractivity contribution is -0.921. The highest BCUT2D eigenvalue weighted by Gasteiger charge is 2.29. The highest BCUT2D eigenvalue weighted by atomic mass is 16.5. The lowest BCUT2D eigenvalue weighted by atomic mass is 10.0. The summed E-state index contributed by atoms with van der Waals surface area (Å²) < 4.78 is 6.54. The number of amides is 1. The Morgan fingerprint density at radius 1 is 0.717 bits per heavy atom. The van der Waals surface area contributed by atoms with Crippen molar-refractivity contribution in [2.75, 3.05) is 58.2 Å². The maximum atomic E-state index is 13.6. The van der Waals surface area contributed by atoms with Gasteiger partial charge in [0.2, 0.25) is 5.91 Å². The lowest BCUT2D eigenvalue weighted by Crippen LogP contribution is -2.53. The van der Waals surface area contributed by atoms with Gasteiger partial charge in [-0.2, -0.15) is 0 Å². The van der Waals surface area contributed by atoms with E-state index in [1.165, 1.54) is 44.9 Å². The molecular formula is C40H66N3O3+. The molecule has 258 valence electrons. The molecule has 1 amide bonds. The van der Waals surface area contributed by atoms with E-state index in [1.54, 1.807) is 7.11 Å². The van der Waals surface area contributed by atoms with Gasteiger partial charge in [-0.25, -0.2) is 0 Å². The molecule has 0 heterocycles. The largest absolute Gasteiger partial charge is 0.496 e. The number of hydrogen-bond donors (Lipinski definition) is 1. The number of ketones is 1. The van der Waals surface area contributed by atoms with Crippen LogP contribution in [0.5, 0.6) is 5.75 Å². The zero-order valence-electron chi connectivity index (χ0n) is 30.5. The summed E-state index contributed by atoms with van der Waals surface area (Å²) in [5, 5.41) is 3.15. The van der Waals surface area contributed by atoms with Crippen molar-refractivity contribution in [1.29, 1.82) is 0 Å². The fraction of sp³-hybridized carbons (Fsp3) is 0.650. The molecule has 0 aliphatic rings. The van der Waals surface area contributed by atoms with Crippen LogP contribution in [0.4, 0.5) is 5.69 Å². The van der Waals surface area contributed by atoms with Gasteiger partial charge in [0.25, 0.3) is 0 Å². The molecule has 0 fully saturated rings. The molecule has 1 N–H and O–H groups in total. The molecular weight excluding hydrogens is 570 g/mol. The number of nitrogens with one attached hydrogen (secondary N) is 1. The fourth-order valence-electron chi connectivity index (χ4n) is 6.75. The SMILES string of the molecule is CCCC[N+](CCCC)(CCCCCCCCN(CCC)CC(=O)Nc1c(C)cccc1C)CC(=O)Cc1c(C)cccc1OC. The van der Waals surface area contributed by atoms with E-state index in [0.29, 0.717) is 25.3 Å². The number of benzene rings is 2. The van der Waals surface area contributed by atoms with E-state index in [2.05, 4.69) is 44.0 Å². The maximum Gasteiger partial charge on any atom is 0.238 e. The Hall–Kier alpha value is -2.70. The number of ether oxygens (including phenoxy) is 1. The Bertz CT molecular complexity index is 1150. The van der Waals surface area contributed by atoms with Crippen molar-refractivity contribution in [3.05, 3.63) is 58.7 Å². The van der Waals surface area contributed by atoms with Crippen LogP contribution in [-0.4, -0.2) is 74.0 Å². The van der Waals surface area contributed by atoms with Crippen LogP contribution in [-0.2, 0) is 16.0 Å². The second-order valence-electron chi connectivity index (χ2n) is 13.6. The summed E-state index contributed by atoms with van der Waals surface area (Å²) in [5.74, 6) is 1.24. The molecule has 0 radical (unpaired) electrons. The number of anilines is 1. The molecule has 0 spiro atoms. The molecule has 2 aromatic rings. The van der Waals surface area contributed by atoms with Crippen molar-refractivity contribution in [3.63, 3.8) is 0 Å². The lowest BCUT2D eigenvalue weighted by Gasteiger charge is -2.39. The summed E-state index contributed by atoms with van der Waals surface area (Å²) in [7, 11) is 1.69. The Labute approximate surface area is 281 Å². The Morgan fingerprint density at radius 2 is 1.28 bits per heavy atom. The molecule has 0 atom stereocenters. The molecule has 0 aliphatic heterocycles. The van der Waals surface area contributed by atoms with Crippen LogP contribution >= 0.6 is 0 Å². The average molecular weight is 637 g/mol. The number of carbonyl (C=O) groups is 2. The third-order valence-electron chi connectivity index (χ3n) is 9.45. The van der Waals surface area contributed by atoms with Crippen LogP contribution in [0.25, 0.3) is 0 Å². The topological polar surface area (TPSA) is 58.6 Å². The van der Waals surface area contributed by atoms with Gasteiger partial charge in [-0.3, -0.25) is 14.5 Å². The van der Waals surface area contributed by atoms with Crippen molar-refractivity contribution in [1.82, 2.24) is 4.90 Å². The Kier molecular flexibility index (Phi) is 18.9. The normalized spacial score (nSPS) is 11.7. The number of methoxy groups -OCH3 is 1. The minimum absolute atomic E-state index is 0.0788. The third kappa shape index (κ3) is 14.0. The fourth-order valence-corrected chi connectivity index (χ4v) is 6.75. The summed E-state index contributed by atoms with van der Waals surface area (Å²) in [6, 6.07) is 12.2. The second kappa shape index (κ2) is 22.0. The van der Waals surface area contributed by atoms with E-state index in [-0.39, 0.29) is 5.91 Å². The number of aryl methyl sites for hydroxylation is 3. The van der Waals surface area contributed by atoms with Gasteiger partial charge in [0.15, 0.2) is 5.78 Å². The van der Waals surface area contributed by atoms with Gasteiger partial charge in [-0.1, -0.05) is 83.2 Å². The van der Waals surface area contributed by atoms with E-state index in [0.717, 1.165) is 96.6 Å². The van der Waals surface area contributed by atoms with Gasteiger partial charge < -0.3 is 14.5 Å². The zero-order chi connectivity index (χ0) is 33.8. The molecule has 0 bridgehead atoms. The molecule has 2 aromatic carbocycles. The third-order valence-corrected chi connectivity index (χ3v) is 9.45. The summed E-state index contributed by atoms with van der Waals surface area (Å²) >= 11 is 0. The van der Waals surface area contributed by atoms with Gasteiger partial charge in [0.05, 0.1) is 33.3 Å².